The molecular formula is C25H30FN6OP. The number of fused-ring (bicyclic) bond motifs is 1. The number of anilines is 3. The van der Waals surface area contributed by atoms with Crippen LogP contribution >= 0.6 is 7.14 Å². The molecular weight excluding hydrogens is 450 g/mol. The van der Waals surface area contributed by atoms with Gasteiger partial charge in [0.1, 0.15) is 30.8 Å². The van der Waals surface area contributed by atoms with Crippen molar-refractivity contribution in [1.82, 2.24) is 19.9 Å². The fraction of sp³-hybridized carbons (Fsp3) is 0.280. The molecule has 0 fully saturated rings. The molecule has 2 aromatic carbocycles. The Bertz CT molecular complexity index is 1350. The molecule has 9 heteroatoms. The maximum Gasteiger partial charge on any atom is 0.143 e. The van der Waals surface area contributed by atoms with Gasteiger partial charge in [0.05, 0.1) is 11.1 Å². The molecule has 4 rings (SSSR count). The van der Waals surface area contributed by atoms with Crippen molar-refractivity contribution in [2.24, 2.45) is 0 Å². The molecule has 0 atom stereocenters. The standard InChI is InChI=1S/C25H30FN6OP/c1-31(2)12-13-32(3)19-9-6-17(7-10-19)21-15-20-24(29-21)27-16-28-25(20)30-22-14-18(26)8-11-23(22)34(4,5)33/h6-11,14-16H,12-13H2,1-5H3,(H2,27,28,29,30). The van der Waals surface area contributed by atoms with Gasteiger partial charge in [-0.15, -0.1) is 0 Å². The first-order valence-electron chi connectivity index (χ1n) is 11.0. The van der Waals surface area contributed by atoms with Crippen molar-refractivity contribution in [2.75, 3.05) is 57.8 Å². The van der Waals surface area contributed by atoms with Gasteiger partial charge in [0.25, 0.3) is 0 Å². The largest absolute Gasteiger partial charge is 0.373 e. The summed E-state index contributed by atoms with van der Waals surface area (Å²) in [6.45, 7) is 5.25. The molecule has 0 spiro atoms. The van der Waals surface area contributed by atoms with Crippen molar-refractivity contribution < 1.29 is 8.96 Å². The molecule has 0 aliphatic heterocycles. The molecule has 178 valence electrons. The molecule has 0 saturated carbocycles. The Morgan fingerprint density at radius 3 is 2.41 bits per heavy atom. The molecule has 0 saturated heterocycles. The van der Waals surface area contributed by atoms with E-state index in [1.807, 2.05) is 6.07 Å². The van der Waals surface area contributed by atoms with Crippen molar-refractivity contribution in [2.45, 2.75) is 0 Å². The quantitative estimate of drug-likeness (QED) is 0.355. The highest BCUT2D eigenvalue weighted by molar-refractivity contribution is 7.70. The van der Waals surface area contributed by atoms with E-state index in [-0.39, 0.29) is 0 Å². The first-order chi connectivity index (χ1) is 16.1. The Labute approximate surface area is 199 Å². The average molecular weight is 481 g/mol. The molecule has 2 N–H and O–H groups in total. The minimum absolute atomic E-state index is 0.407. The number of aromatic amines is 1. The molecule has 2 aromatic heterocycles. The average Bonchev–Trinajstić information content (AvgIpc) is 3.22. The summed E-state index contributed by atoms with van der Waals surface area (Å²) in [5.74, 6) is 0.114. The summed E-state index contributed by atoms with van der Waals surface area (Å²) in [5, 5.41) is 4.52. The minimum atomic E-state index is -2.63. The number of hydrogen-bond acceptors (Lipinski definition) is 6. The fourth-order valence-electron chi connectivity index (χ4n) is 3.78. The molecule has 0 amide bonds. The normalized spacial score (nSPS) is 11.9. The summed E-state index contributed by atoms with van der Waals surface area (Å²) in [4.78, 5) is 16.5. The summed E-state index contributed by atoms with van der Waals surface area (Å²) in [6, 6.07) is 14.5. The van der Waals surface area contributed by atoms with Gasteiger partial charge in [-0.25, -0.2) is 14.4 Å². The number of aromatic nitrogens is 3. The van der Waals surface area contributed by atoms with E-state index in [1.54, 1.807) is 19.4 Å². The van der Waals surface area contributed by atoms with Gasteiger partial charge < -0.3 is 24.7 Å². The highest BCUT2D eigenvalue weighted by Gasteiger charge is 2.18. The third-order valence-electron chi connectivity index (χ3n) is 5.72. The molecule has 0 radical (unpaired) electrons. The van der Waals surface area contributed by atoms with Crippen molar-refractivity contribution in [3.63, 3.8) is 0 Å². The lowest BCUT2D eigenvalue weighted by Crippen LogP contribution is -2.28. The predicted molar refractivity (Wildman–Crippen MR) is 140 cm³/mol. The molecule has 0 unspecified atom stereocenters. The van der Waals surface area contributed by atoms with Gasteiger partial charge in [0.15, 0.2) is 0 Å². The van der Waals surface area contributed by atoms with Crippen LogP contribution in [0, 0.1) is 5.82 Å². The van der Waals surface area contributed by atoms with E-state index >= 15 is 0 Å². The van der Waals surface area contributed by atoms with Crippen LogP contribution in [0.2, 0.25) is 0 Å². The second kappa shape index (κ2) is 9.57. The van der Waals surface area contributed by atoms with E-state index in [2.05, 4.69) is 75.5 Å². The Balaban J connectivity index is 1.64. The highest BCUT2D eigenvalue weighted by atomic mass is 31.2. The third-order valence-corrected chi connectivity index (χ3v) is 7.27. The first-order valence-corrected chi connectivity index (χ1v) is 13.6. The van der Waals surface area contributed by atoms with Crippen LogP contribution in [0.5, 0.6) is 0 Å². The van der Waals surface area contributed by atoms with Crippen LogP contribution in [-0.4, -0.2) is 67.4 Å². The fourth-order valence-corrected chi connectivity index (χ4v) is 4.91. The van der Waals surface area contributed by atoms with Crippen LogP contribution in [0.15, 0.2) is 54.9 Å². The summed E-state index contributed by atoms with van der Waals surface area (Å²) in [7, 11) is 3.59. The number of rotatable bonds is 8. The van der Waals surface area contributed by atoms with E-state index in [1.165, 1.54) is 18.5 Å². The van der Waals surface area contributed by atoms with Crippen LogP contribution in [0.4, 0.5) is 21.6 Å². The Morgan fingerprint density at radius 2 is 1.74 bits per heavy atom. The SMILES string of the molecule is CN(C)CCN(C)c1ccc(-c2cc3c(Nc4cc(F)ccc4P(C)(C)=O)ncnc3[nH]2)cc1. The zero-order valence-electron chi connectivity index (χ0n) is 20.1. The number of nitrogens with one attached hydrogen (secondary N) is 2. The predicted octanol–water partition coefficient (Wildman–Crippen LogP) is 4.75. The van der Waals surface area contributed by atoms with Crippen molar-refractivity contribution in [3.8, 4) is 11.3 Å². The topological polar surface area (TPSA) is 77.2 Å². The molecule has 2 heterocycles. The number of halogens is 1. The van der Waals surface area contributed by atoms with Gasteiger partial charge in [-0.3, -0.25) is 0 Å². The zero-order chi connectivity index (χ0) is 24.5. The highest BCUT2D eigenvalue weighted by Crippen LogP contribution is 2.39. The van der Waals surface area contributed by atoms with Crippen LogP contribution in [0.25, 0.3) is 22.3 Å². The van der Waals surface area contributed by atoms with Crippen molar-refractivity contribution in [1.29, 1.82) is 0 Å². The second-order valence-corrected chi connectivity index (χ2v) is 12.3. The lowest BCUT2D eigenvalue weighted by atomic mass is 10.1. The van der Waals surface area contributed by atoms with Crippen molar-refractivity contribution in [3.05, 3.63) is 60.7 Å². The van der Waals surface area contributed by atoms with Gasteiger partial charge in [-0.1, -0.05) is 12.1 Å². The Morgan fingerprint density at radius 1 is 1.00 bits per heavy atom. The number of likely N-dealkylation sites (N-methyl/N-ethyl adjacent to an activating group) is 2. The number of H-pyrrole nitrogens is 1. The minimum Gasteiger partial charge on any atom is -0.373 e. The maximum atomic E-state index is 14.0. The molecule has 0 aliphatic carbocycles. The first kappa shape index (κ1) is 23.9. The zero-order valence-corrected chi connectivity index (χ0v) is 21.0. The van der Waals surface area contributed by atoms with E-state index in [9.17, 15) is 8.96 Å². The number of benzene rings is 2. The summed E-state index contributed by atoms with van der Waals surface area (Å²) in [6.07, 6.45) is 1.45. The molecule has 0 bridgehead atoms. The van der Waals surface area contributed by atoms with Crippen LogP contribution in [0.3, 0.4) is 0 Å². The Kier molecular flexibility index (Phi) is 6.73. The maximum absolute atomic E-state index is 14.0. The van der Waals surface area contributed by atoms with Gasteiger partial charge in [0.2, 0.25) is 0 Å². The van der Waals surface area contributed by atoms with E-state index in [4.69, 9.17) is 0 Å². The number of nitrogens with zero attached hydrogens (tertiary/aromatic N) is 4. The van der Waals surface area contributed by atoms with Crippen LogP contribution in [0.1, 0.15) is 0 Å². The Hall–Kier alpha value is -3.22. The van der Waals surface area contributed by atoms with E-state index in [0.717, 1.165) is 35.4 Å². The van der Waals surface area contributed by atoms with E-state index in [0.29, 0.717) is 22.5 Å². The lowest BCUT2D eigenvalue weighted by molar-refractivity contribution is 0.416. The van der Waals surface area contributed by atoms with Gasteiger partial charge in [0, 0.05) is 36.8 Å². The molecule has 0 aliphatic rings. The third kappa shape index (κ3) is 5.29. The monoisotopic (exact) mass is 480 g/mol. The summed E-state index contributed by atoms with van der Waals surface area (Å²) >= 11 is 0. The molecule has 34 heavy (non-hydrogen) atoms. The van der Waals surface area contributed by atoms with E-state index < -0.39 is 13.0 Å². The smallest absolute Gasteiger partial charge is 0.143 e. The second-order valence-electron chi connectivity index (χ2n) is 9.08. The van der Waals surface area contributed by atoms with Gasteiger partial charge in [-0.2, -0.15) is 0 Å². The van der Waals surface area contributed by atoms with Crippen molar-refractivity contribution >= 4 is 40.7 Å². The van der Waals surface area contributed by atoms with Gasteiger partial charge in [-0.05, 0) is 69.4 Å². The summed E-state index contributed by atoms with van der Waals surface area (Å²) < 4.78 is 26.7. The lowest BCUT2D eigenvalue weighted by Gasteiger charge is -2.21. The number of hydrogen-bond donors (Lipinski definition) is 2. The summed E-state index contributed by atoms with van der Waals surface area (Å²) in [5.41, 5.74) is 4.17. The molecule has 7 nitrogen and oxygen atoms in total. The van der Waals surface area contributed by atoms with Crippen LogP contribution < -0.4 is 15.5 Å². The van der Waals surface area contributed by atoms with Gasteiger partial charge >= 0.3 is 0 Å². The van der Waals surface area contributed by atoms with Crippen LogP contribution in [-0.2, 0) is 4.57 Å². The molecule has 4 aromatic rings.